The quantitative estimate of drug-likeness (QED) is 0.695. The SMILES string of the molecule is CCCOc1ccccc1C(=O)N1[C@@H]2CC[C@H]1[C@@](CC)(C(=O)OCC)C2. The molecule has 2 bridgehead atoms. The second-order valence-corrected chi connectivity index (χ2v) is 7.24. The van der Waals surface area contributed by atoms with Gasteiger partial charge in [-0.2, -0.15) is 0 Å². The van der Waals surface area contributed by atoms with E-state index in [-0.39, 0.29) is 24.0 Å². The number of nitrogens with zero attached hydrogens (tertiary/aromatic N) is 1. The summed E-state index contributed by atoms with van der Waals surface area (Å²) < 4.78 is 11.2. The highest BCUT2D eigenvalue weighted by molar-refractivity contribution is 5.98. The van der Waals surface area contributed by atoms with Crippen molar-refractivity contribution in [3.05, 3.63) is 29.8 Å². The van der Waals surface area contributed by atoms with Crippen molar-refractivity contribution in [3.63, 3.8) is 0 Å². The molecule has 0 N–H and O–H groups in total. The van der Waals surface area contributed by atoms with Gasteiger partial charge in [0.2, 0.25) is 0 Å². The van der Waals surface area contributed by atoms with Crippen LogP contribution in [0.5, 0.6) is 5.75 Å². The van der Waals surface area contributed by atoms with E-state index in [9.17, 15) is 9.59 Å². The number of fused-ring (bicyclic) bond motifs is 2. The maximum Gasteiger partial charge on any atom is 0.314 e. The molecular formula is C21H29NO4. The van der Waals surface area contributed by atoms with Crippen LogP contribution < -0.4 is 4.74 Å². The van der Waals surface area contributed by atoms with Gasteiger partial charge in [-0.3, -0.25) is 9.59 Å². The van der Waals surface area contributed by atoms with Crippen molar-refractivity contribution in [2.24, 2.45) is 5.41 Å². The molecule has 1 aromatic carbocycles. The fourth-order valence-electron chi connectivity index (χ4n) is 4.63. The largest absolute Gasteiger partial charge is 0.493 e. The molecule has 0 spiro atoms. The Balaban J connectivity index is 1.89. The summed E-state index contributed by atoms with van der Waals surface area (Å²) in [5.74, 6) is 0.454. The summed E-state index contributed by atoms with van der Waals surface area (Å²) in [5.41, 5.74) is 0.0296. The Morgan fingerprint density at radius 2 is 1.96 bits per heavy atom. The average Bonchev–Trinajstić information content (AvgIpc) is 3.22. The van der Waals surface area contributed by atoms with Crippen LogP contribution in [-0.4, -0.2) is 42.1 Å². The van der Waals surface area contributed by atoms with Crippen molar-refractivity contribution in [1.29, 1.82) is 0 Å². The third kappa shape index (κ3) is 2.97. The van der Waals surface area contributed by atoms with Crippen LogP contribution in [-0.2, 0) is 9.53 Å². The van der Waals surface area contributed by atoms with Crippen molar-refractivity contribution in [2.75, 3.05) is 13.2 Å². The first-order valence-electron chi connectivity index (χ1n) is 9.80. The minimum Gasteiger partial charge on any atom is -0.493 e. The molecule has 2 fully saturated rings. The van der Waals surface area contributed by atoms with Gasteiger partial charge in [0.1, 0.15) is 5.75 Å². The lowest BCUT2D eigenvalue weighted by Crippen LogP contribution is -2.45. The van der Waals surface area contributed by atoms with Gasteiger partial charge < -0.3 is 14.4 Å². The zero-order valence-corrected chi connectivity index (χ0v) is 16.0. The molecule has 2 aliphatic heterocycles. The van der Waals surface area contributed by atoms with Gasteiger partial charge in [0.15, 0.2) is 0 Å². The Kier molecular flexibility index (Phi) is 5.54. The van der Waals surface area contributed by atoms with Crippen molar-refractivity contribution in [3.8, 4) is 5.75 Å². The molecule has 2 heterocycles. The second-order valence-electron chi connectivity index (χ2n) is 7.24. The molecule has 0 unspecified atom stereocenters. The first-order valence-corrected chi connectivity index (χ1v) is 9.80. The number of amides is 1. The predicted molar refractivity (Wildman–Crippen MR) is 99.2 cm³/mol. The van der Waals surface area contributed by atoms with Crippen LogP contribution in [0.4, 0.5) is 0 Å². The summed E-state index contributed by atoms with van der Waals surface area (Å²) in [5, 5.41) is 0. The number of rotatable bonds is 7. The molecule has 0 aromatic heterocycles. The lowest BCUT2D eigenvalue weighted by Gasteiger charge is -2.34. The lowest BCUT2D eigenvalue weighted by molar-refractivity contribution is -0.157. The Labute approximate surface area is 155 Å². The monoisotopic (exact) mass is 359 g/mol. The van der Waals surface area contributed by atoms with Crippen LogP contribution >= 0.6 is 0 Å². The van der Waals surface area contributed by atoms with E-state index in [1.165, 1.54) is 0 Å². The van der Waals surface area contributed by atoms with Crippen molar-refractivity contribution in [1.82, 2.24) is 4.90 Å². The number of benzene rings is 1. The number of para-hydroxylation sites is 1. The van der Waals surface area contributed by atoms with Gasteiger partial charge in [-0.05, 0) is 51.2 Å². The van der Waals surface area contributed by atoms with Crippen LogP contribution in [0.1, 0.15) is 63.2 Å². The van der Waals surface area contributed by atoms with E-state index in [1.54, 1.807) is 0 Å². The van der Waals surface area contributed by atoms with Gasteiger partial charge in [-0.15, -0.1) is 0 Å². The molecule has 2 aliphatic rings. The van der Waals surface area contributed by atoms with E-state index < -0.39 is 5.41 Å². The van der Waals surface area contributed by atoms with Gasteiger partial charge in [-0.25, -0.2) is 0 Å². The van der Waals surface area contributed by atoms with E-state index in [0.29, 0.717) is 37.4 Å². The Morgan fingerprint density at radius 1 is 1.19 bits per heavy atom. The van der Waals surface area contributed by atoms with Crippen LogP contribution in [0.25, 0.3) is 0 Å². The molecule has 0 aliphatic carbocycles. The highest BCUT2D eigenvalue weighted by atomic mass is 16.5. The topological polar surface area (TPSA) is 55.8 Å². The first kappa shape index (κ1) is 18.7. The minimum atomic E-state index is -0.562. The zero-order chi connectivity index (χ0) is 18.7. The Hall–Kier alpha value is -2.04. The molecule has 26 heavy (non-hydrogen) atoms. The number of hydrogen-bond acceptors (Lipinski definition) is 4. The van der Waals surface area contributed by atoms with Gasteiger partial charge >= 0.3 is 5.97 Å². The number of carbonyl (C=O) groups excluding carboxylic acids is 2. The van der Waals surface area contributed by atoms with Gasteiger partial charge in [0.25, 0.3) is 5.91 Å². The predicted octanol–water partition coefficient (Wildman–Crippen LogP) is 3.81. The number of hydrogen-bond donors (Lipinski definition) is 0. The van der Waals surface area contributed by atoms with E-state index in [4.69, 9.17) is 9.47 Å². The molecule has 142 valence electrons. The molecule has 3 rings (SSSR count). The molecule has 0 saturated carbocycles. The van der Waals surface area contributed by atoms with Crippen LogP contribution in [0.15, 0.2) is 24.3 Å². The highest BCUT2D eigenvalue weighted by Crippen LogP contribution is 2.53. The summed E-state index contributed by atoms with van der Waals surface area (Å²) in [6.07, 6.45) is 4.11. The maximum absolute atomic E-state index is 13.4. The molecule has 2 saturated heterocycles. The fourth-order valence-corrected chi connectivity index (χ4v) is 4.63. The summed E-state index contributed by atoms with van der Waals surface area (Å²) >= 11 is 0. The molecule has 5 heteroatoms. The summed E-state index contributed by atoms with van der Waals surface area (Å²) in [6, 6.07) is 7.44. The highest BCUT2D eigenvalue weighted by Gasteiger charge is 2.61. The van der Waals surface area contributed by atoms with Gasteiger partial charge in [-0.1, -0.05) is 26.0 Å². The fraction of sp³-hybridized carbons (Fsp3) is 0.619. The van der Waals surface area contributed by atoms with Crippen LogP contribution in [0.2, 0.25) is 0 Å². The maximum atomic E-state index is 13.4. The minimum absolute atomic E-state index is 0.0242. The zero-order valence-electron chi connectivity index (χ0n) is 16.0. The molecular weight excluding hydrogens is 330 g/mol. The Bertz CT molecular complexity index is 674. The van der Waals surface area contributed by atoms with Crippen LogP contribution in [0, 0.1) is 5.41 Å². The number of esters is 1. The molecule has 1 aromatic rings. The number of carbonyl (C=O) groups is 2. The van der Waals surface area contributed by atoms with E-state index in [1.807, 2.05) is 49.9 Å². The van der Waals surface area contributed by atoms with Gasteiger partial charge in [0.05, 0.1) is 24.2 Å². The first-order chi connectivity index (χ1) is 12.6. The number of ether oxygens (including phenoxy) is 2. The molecule has 0 radical (unpaired) electrons. The smallest absolute Gasteiger partial charge is 0.314 e. The van der Waals surface area contributed by atoms with E-state index in [0.717, 1.165) is 19.3 Å². The normalized spacial score (nSPS) is 26.8. The van der Waals surface area contributed by atoms with Crippen LogP contribution in [0.3, 0.4) is 0 Å². The summed E-state index contributed by atoms with van der Waals surface area (Å²) in [4.78, 5) is 28.0. The standard InChI is InChI=1S/C21H29NO4/c1-4-13-26-17-10-8-7-9-16(17)19(23)22-15-11-12-18(22)21(5-2,14-15)20(24)25-6-3/h7-10,15,18H,4-6,11-14H2,1-3H3/t15-,18+,21+/m1/s1. The summed E-state index contributed by atoms with van der Waals surface area (Å²) in [7, 11) is 0. The molecule has 3 atom stereocenters. The average molecular weight is 359 g/mol. The van der Waals surface area contributed by atoms with Crippen molar-refractivity contribution in [2.45, 2.75) is 65.0 Å². The van der Waals surface area contributed by atoms with Crippen molar-refractivity contribution >= 4 is 11.9 Å². The summed E-state index contributed by atoms with van der Waals surface area (Å²) in [6.45, 7) is 6.86. The van der Waals surface area contributed by atoms with E-state index >= 15 is 0 Å². The molecule has 5 nitrogen and oxygen atoms in total. The van der Waals surface area contributed by atoms with Gasteiger partial charge in [0, 0.05) is 12.1 Å². The Morgan fingerprint density at radius 3 is 2.65 bits per heavy atom. The van der Waals surface area contributed by atoms with Crippen molar-refractivity contribution < 1.29 is 19.1 Å². The third-order valence-corrected chi connectivity index (χ3v) is 5.87. The lowest BCUT2D eigenvalue weighted by atomic mass is 9.72. The third-order valence-electron chi connectivity index (χ3n) is 5.87. The van der Waals surface area contributed by atoms with E-state index in [2.05, 4.69) is 0 Å². The second kappa shape index (κ2) is 7.68. The molecule has 1 amide bonds.